The minimum atomic E-state index is -0.565. The maximum absolute atomic E-state index is 13.6. The van der Waals surface area contributed by atoms with Crippen molar-refractivity contribution in [3.63, 3.8) is 0 Å². The standard InChI is InChI=1S/C19H14ClFN4OS/c1-10(23-19-25-17(9-27-19)11-3-2-4-22-8-11)13-5-12-6-14(20)15(21)7-16(12)24-18(13)26/h2-10H,1H3,(H,23,25)(H,24,26)/t10-/m0/s1. The lowest BCUT2D eigenvalue weighted by atomic mass is 10.1. The molecule has 4 rings (SSSR count). The number of nitrogens with one attached hydrogen (secondary N) is 2. The molecule has 0 amide bonds. The molecule has 2 N–H and O–H groups in total. The highest BCUT2D eigenvalue weighted by Crippen LogP contribution is 2.28. The largest absolute Gasteiger partial charge is 0.355 e. The molecule has 0 fully saturated rings. The number of hydrogen-bond donors (Lipinski definition) is 2. The second kappa shape index (κ2) is 7.09. The van der Waals surface area contributed by atoms with Gasteiger partial charge in [-0.05, 0) is 37.3 Å². The van der Waals surface area contributed by atoms with Crippen molar-refractivity contribution in [2.45, 2.75) is 13.0 Å². The van der Waals surface area contributed by atoms with Crippen LogP contribution in [0, 0.1) is 5.82 Å². The number of aromatic amines is 1. The van der Waals surface area contributed by atoms with Crippen LogP contribution in [0.25, 0.3) is 22.2 Å². The van der Waals surface area contributed by atoms with Crippen LogP contribution < -0.4 is 10.9 Å². The van der Waals surface area contributed by atoms with Gasteiger partial charge in [-0.15, -0.1) is 11.3 Å². The number of pyridine rings is 2. The first-order valence-corrected chi connectivity index (χ1v) is 9.41. The molecule has 0 saturated carbocycles. The van der Waals surface area contributed by atoms with Crippen molar-refractivity contribution >= 4 is 39.0 Å². The molecule has 0 unspecified atom stereocenters. The van der Waals surface area contributed by atoms with Gasteiger partial charge in [0.25, 0.3) is 5.56 Å². The molecule has 0 saturated heterocycles. The topological polar surface area (TPSA) is 70.7 Å². The number of thiazole rings is 1. The summed E-state index contributed by atoms with van der Waals surface area (Å²) in [5, 5.41) is 6.54. The summed E-state index contributed by atoms with van der Waals surface area (Å²) in [7, 11) is 0. The molecular formula is C19H14ClFN4OS. The second-order valence-corrected chi connectivity index (χ2v) is 7.32. The minimum Gasteiger partial charge on any atom is -0.355 e. The number of halogens is 2. The Labute approximate surface area is 162 Å². The van der Waals surface area contributed by atoms with Crippen molar-refractivity contribution in [1.29, 1.82) is 0 Å². The van der Waals surface area contributed by atoms with Crippen molar-refractivity contribution in [2.24, 2.45) is 0 Å². The number of aromatic nitrogens is 3. The predicted octanol–water partition coefficient (Wildman–Crippen LogP) is 5.01. The van der Waals surface area contributed by atoms with E-state index in [1.165, 1.54) is 23.5 Å². The van der Waals surface area contributed by atoms with E-state index in [4.69, 9.17) is 11.6 Å². The lowest BCUT2D eigenvalue weighted by Crippen LogP contribution is -2.19. The fraction of sp³-hybridized carbons (Fsp3) is 0.105. The fourth-order valence-corrected chi connectivity index (χ4v) is 3.77. The molecule has 0 bridgehead atoms. The van der Waals surface area contributed by atoms with Gasteiger partial charge < -0.3 is 10.3 Å². The average molecular weight is 401 g/mol. The fourth-order valence-electron chi connectivity index (χ4n) is 2.79. The predicted molar refractivity (Wildman–Crippen MR) is 107 cm³/mol. The van der Waals surface area contributed by atoms with Gasteiger partial charge in [0.2, 0.25) is 0 Å². The van der Waals surface area contributed by atoms with Crippen LogP contribution in [-0.2, 0) is 0 Å². The highest BCUT2D eigenvalue weighted by atomic mass is 35.5. The minimum absolute atomic E-state index is 0.0159. The Bertz CT molecular complexity index is 1180. The van der Waals surface area contributed by atoms with E-state index < -0.39 is 5.82 Å². The summed E-state index contributed by atoms with van der Waals surface area (Å²) < 4.78 is 13.6. The first-order valence-electron chi connectivity index (χ1n) is 8.15. The lowest BCUT2D eigenvalue weighted by molar-refractivity contribution is 0.629. The molecule has 0 aliphatic carbocycles. The Morgan fingerprint density at radius 2 is 2.19 bits per heavy atom. The van der Waals surface area contributed by atoms with E-state index in [2.05, 4.69) is 20.3 Å². The van der Waals surface area contributed by atoms with Gasteiger partial charge in [-0.3, -0.25) is 9.78 Å². The number of rotatable bonds is 4. The van der Waals surface area contributed by atoms with E-state index in [0.29, 0.717) is 21.6 Å². The monoisotopic (exact) mass is 400 g/mol. The van der Waals surface area contributed by atoms with E-state index >= 15 is 0 Å². The number of benzene rings is 1. The normalized spacial score (nSPS) is 12.3. The first-order chi connectivity index (χ1) is 13.0. The van der Waals surface area contributed by atoms with Gasteiger partial charge in [0, 0.05) is 34.3 Å². The molecule has 136 valence electrons. The number of nitrogens with zero attached hydrogens (tertiary/aromatic N) is 2. The molecule has 4 aromatic rings. The van der Waals surface area contributed by atoms with Gasteiger partial charge in [0.05, 0.1) is 22.3 Å². The zero-order valence-electron chi connectivity index (χ0n) is 14.2. The summed E-state index contributed by atoms with van der Waals surface area (Å²) in [4.78, 5) is 23.8. The van der Waals surface area contributed by atoms with Gasteiger partial charge in [0.15, 0.2) is 5.13 Å². The van der Waals surface area contributed by atoms with Gasteiger partial charge in [-0.25, -0.2) is 9.37 Å². The van der Waals surface area contributed by atoms with Crippen LogP contribution in [0.4, 0.5) is 9.52 Å². The Morgan fingerprint density at radius 1 is 1.33 bits per heavy atom. The Hall–Kier alpha value is -2.77. The number of hydrogen-bond acceptors (Lipinski definition) is 5. The van der Waals surface area contributed by atoms with Crippen molar-refractivity contribution < 1.29 is 4.39 Å². The summed E-state index contributed by atoms with van der Waals surface area (Å²) in [5.74, 6) is -0.565. The molecule has 3 aromatic heterocycles. The summed E-state index contributed by atoms with van der Waals surface area (Å²) in [6.07, 6.45) is 3.46. The van der Waals surface area contributed by atoms with Crippen LogP contribution in [-0.4, -0.2) is 15.0 Å². The maximum atomic E-state index is 13.6. The third-order valence-corrected chi connectivity index (χ3v) is 5.24. The molecule has 27 heavy (non-hydrogen) atoms. The van der Waals surface area contributed by atoms with Crippen LogP contribution in [0.1, 0.15) is 18.5 Å². The first kappa shape index (κ1) is 17.6. The molecule has 0 aliphatic heterocycles. The van der Waals surface area contributed by atoms with Crippen molar-refractivity contribution in [2.75, 3.05) is 5.32 Å². The van der Waals surface area contributed by atoms with E-state index in [9.17, 15) is 9.18 Å². The average Bonchev–Trinajstić information content (AvgIpc) is 3.12. The summed E-state index contributed by atoms with van der Waals surface area (Å²) in [6.45, 7) is 1.87. The maximum Gasteiger partial charge on any atom is 0.253 e. The van der Waals surface area contributed by atoms with Crippen molar-refractivity contribution in [1.82, 2.24) is 15.0 Å². The number of H-pyrrole nitrogens is 1. The van der Waals surface area contributed by atoms with Crippen LogP contribution in [0.15, 0.2) is 52.9 Å². The second-order valence-electron chi connectivity index (χ2n) is 6.05. The number of anilines is 1. The lowest BCUT2D eigenvalue weighted by Gasteiger charge is -2.13. The molecule has 0 aliphatic rings. The molecule has 8 heteroatoms. The van der Waals surface area contributed by atoms with E-state index in [1.54, 1.807) is 18.5 Å². The Kier molecular flexibility index (Phi) is 4.63. The highest BCUT2D eigenvalue weighted by Gasteiger charge is 2.14. The van der Waals surface area contributed by atoms with Gasteiger partial charge in [-0.2, -0.15) is 0 Å². The van der Waals surface area contributed by atoms with Crippen LogP contribution >= 0.6 is 22.9 Å². The molecule has 0 spiro atoms. The molecule has 0 radical (unpaired) electrons. The Balaban J connectivity index is 1.62. The van der Waals surface area contributed by atoms with E-state index in [-0.39, 0.29) is 16.6 Å². The third kappa shape index (κ3) is 3.56. The molecule has 3 heterocycles. The van der Waals surface area contributed by atoms with Crippen LogP contribution in [0.5, 0.6) is 0 Å². The zero-order valence-corrected chi connectivity index (χ0v) is 15.7. The summed E-state index contributed by atoms with van der Waals surface area (Å²) >= 11 is 7.30. The molecule has 1 aromatic carbocycles. The third-order valence-electron chi connectivity index (χ3n) is 4.18. The summed E-state index contributed by atoms with van der Waals surface area (Å²) in [5.41, 5.74) is 2.38. The van der Waals surface area contributed by atoms with Gasteiger partial charge in [-0.1, -0.05) is 11.6 Å². The molecule has 1 atom stereocenters. The molecule has 5 nitrogen and oxygen atoms in total. The smallest absolute Gasteiger partial charge is 0.253 e. The van der Waals surface area contributed by atoms with E-state index in [0.717, 1.165) is 11.3 Å². The quantitative estimate of drug-likeness (QED) is 0.505. The van der Waals surface area contributed by atoms with Crippen molar-refractivity contribution in [3.8, 4) is 11.3 Å². The molecular weight excluding hydrogens is 387 g/mol. The van der Waals surface area contributed by atoms with Crippen molar-refractivity contribution in [3.05, 3.63) is 74.9 Å². The Morgan fingerprint density at radius 3 is 2.96 bits per heavy atom. The summed E-state index contributed by atoms with van der Waals surface area (Å²) in [6, 6.07) is 7.94. The van der Waals surface area contributed by atoms with Crippen LogP contribution in [0.3, 0.4) is 0 Å². The van der Waals surface area contributed by atoms with Gasteiger partial charge in [0.1, 0.15) is 5.82 Å². The number of fused-ring (bicyclic) bond motifs is 1. The van der Waals surface area contributed by atoms with E-state index in [1.807, 2.05) is 24.4 Å². The SMILES string of the molecule is C[C@H](Nc1nc(-c2cccnc2)cs1)c1cc2cc(Cl)c(F)cc2[nH]c1=O. The van der Waals surface area contributed by atoms with Crippen LogP contribution in [0.2, 0.25) is 5.02 Å². The zero-order chi connectivity index (χ0) is 19.0. The van der Waals surface area contributed by atoms with Gasteiger partial charge >= 0.3 is 0 Å². The highest BCUT2D eigenvalue weighted by molar-refractivity contribution is 7.14.